The summed E-state index contributed by atoms with van der Waals surface area (Å²) in [6, 6.07) is 5.74. The average Bonchev–Trinajstić information content (AvgIpc) is 2.73. The minimum absolute atomic E-state index is 0.212. The molecule has 2 N–H and O–H groups in total. The molecule has 0 spiro atoms. The fourth-order valence-electron chi connectivity index (χ4n) is 2.26. The van der Waals surface area contributed by atoms with Gasteiger partial charge in [0.05, 0.1) is 5.39 Å². The van der Waals surface area contributed by atoms with Gasteiger partial charge in [0.25, 0.3) is 0 Å². The maximum atomic E-state index is 6.05. The van der Waals surface area contributed by atoms with Crippen LogP contribution in [-0.2, 0) is 0 Å². The standard InChI is InChI=1S/C15H14ClN3OS/c1-7-4-10(16)5-8(2)12(7)20-13-11-6-9(3)21-14(11)19-15(17)18-13/h4-6H,1-3H3,(H2,17,18,19). The van der Waals surface area contributed by atoms with E-state index < -0.39 is 0 Å². The van der Waals surface area contributed by atoms with Crippen molar-refractivity contribution < 1.29 is 4.74 Å². The second-order valence-electron chi connectivity index (χ2n) is 4.93. The number of thiophene rings is 1. The molecule has 0 atom stereocenters. The molecule has 2 heterocycles. The van der Waals surface area contributed by atoms with Crippen LogP contribution in [0, 0.1) is 20.8 Å². The van der Waals surface area contributed by atoms with Gasteiger partial charge in [0, 0.05) is 9.90 Å². The van der Waals surface area contributed by atoms with E-state index in [4.69, 9.17) is 22.1 Å². The number of anilines is 1. The maximum Gasteiger partial charge on any atom is 0.232 e. The molecule has 0 amide bonds. The highest BCUT2D eigenvalue weighted by atomic mass is 35.5. The van der Waals surface area contributed by atoms with Crippen LogP contribution in [0.3, 0.4) is 0 Å². The second-order valence-corrected chi connectivity index (χ2v) is 6.60. The number of ether oxygens (including phenoxy) is 1. The van der Waals surface area contributed by atoms with Gasteiger partial charge in [0.15, 0.2) is 0 Å². The van der Waals surface area contributed by atoms with Crippen molar-refractivity contribution in [2.24, 2.45) is 0 Å². The highest BCUT2D eigenvalue weighted by Crippen LogP contribution is 2.36. The first-order chi connectivity index (χ1) is 9.94. The van der Waals surface area contributed by atoms with Crippen molar-refractivity contribution >= 4 is 39.1 Å². The molecule has 0 aliphatic carbocycles. The number of fused-ring (bicyclic) bond motifs is 1. The van der Waals surface area contributed by atoms with Crippen molar-refractivity contribution in [2.75, 3.05) is 5.73 Å². The fourth-order valence-corrected chi connectivity index (χ4v) is 3.47. The number of aryl methyl sites for hydroxylation is 3. The summed E-state index contributed by atoms with van der Waals surface area (Å²) >= 11 is 7.62. The number of nitrogens with zero attached hydrogens (tertiary/aromatic N) is 2. The Labute approximate surface area is 131 Å². The first-order valence-corrected chi connectivity index (χ1v) is 7.62. The molecule has 0 bridgehead atoms. The molecular formula is C15H14ClN3OS. The fraction of sp³-hybridized carbons (Fsp3) is 0.200. The molecule has 108 valence electrons. The number of hydrogen-bond acceptors (Lipinski definition) is 5. The number of nitrogens with two attached hydrogens (primary N) is 1. The van der Waals surface area contributed by atoms with Gasteiger partial charge in [0.2, 0.25) is 11.8 Å². The molecule has 0 unspecified atom stereocenters. The molecule has 0 radical (unpaired) electrons. The van der Waals surface area contributed by atoms with Gasteiger partial charge < -0.3 is 10.5 Å². The molecule has 2 aromatic heterocycles. The molecule has 4 nitrogen and oxygen atoms in total. The van der Waals surface area contributed by atoms with Gasteiger partial charge in [-0.1, -0.05) is 11.6 Å². The van der Waals surface area contributed by atoms with E-state index in [1.165, 1.54) is 0 Å². The number of nitrogen functional groups attached to an aromatic ring is 1. The van der Waals surface area contributed by atoms with E-state index in [-0.39, 0.29) is 5.95 Å². The van der Waals surface area contributed by atoms with Crippen LogP contribution < -0.4 is 10.5 Å². The number of hydrogen-bond donors (Lipinski definition) is 1. The van der Waals surface area contributed by atoms with Crippen molar-refractivity contribution in [3.05, 3.63) is 39.2 Å². The van der Waals surface area contributed by atoms with Crippen LogP contribution in [0.4, 0.5) is 5.95 Å². The van der Waals surface area contributed by atoms with Gasteiger partial charge in [-0.15, -0.1) is 11.3 Å². The topological polar surface area (TPSA) is 61.0 Å². The summed E-state index contributed by atoms with van der Waals surface area (Å²) in [5, 5.41) is 1.57. The Morgan fingerprint density at radius 1 is 1.10 bits per heavy atom. The predicted molar refractivity (Wildman–Crippen MR) is 87.6 cm³/mol. The third kappa shape index (κ3) is 2.66. The minimum atomic E-state index is 0.212. The summed E-state index contributed by atoms with van der Waals surface area (Å²) in [7, 11) is 0. The van der Waals surface area contributed by atoms with Crippen molar-refractivity contribution in [3.8, 4) is 11.6 Å². The summed E-state index contributed by atoms with van der Waals surface area (Å²) in [5.74, 6) is 1.45. The lowest BCUT2D eigenvalue weighted by atomic mass is 10.1. The van der Waals surface area contributed by atoms with Crippen LogP contribution >= 0.6 is 22.9 Å². The van der Waals surface area contributed by atoms with Gasteiger partial charge in [-0.25, -0.2) is 4.98 Å². The van der Waals surface area contributed by atoms with E-state index in [9.17, 15) is 0 Å². The third-order valence-electron chi connectivity index (χ3n) is 3.12. The number of aromatic nitrogens is 2. The van der Waals surface area contributed by atoms with Crippen molar-refractivity contribution in [1.29, 1.82) is 0 Å². The lowest BCUT2D eigenvalue weighted by Crippen LogP contribution is -1.99. The van der Waals surface area contributed by atoms with Gasteiger partial charge >= 0.3 is 0 Å². The molecule has 0 fully saturated rings. The Morgan fingerprint density at radius 2 is 1.76 bits per heavy atom. The molecule has 6 heteroatoms. The smallest absolute Gasteiger partial charge is 0.232 e. The molecule has 3 aromatic rings. The minimum Gasteiger partial charge on any atom is -0.438 e. The van der Waals surface area contributed by atoms with E-state index in [1.54, 1.807) is 11.3 Å². The number of rotatable bonds is 2. The van der Waals surface area contributed by atoms with Crippen molar-refractivity contribution in [2.45, 2.75) is 20.8 Å². The van der Waals surface area contributed by atoms with Gasteiger partial charge in [0.1, 0.15) is 10.6 Å². The Balaban J connectivity index is 2.14. The molecule has 0 saturated carbocycles. The molecular weight excluding hydrogens is 306 g/mol. The predicted octanol–water partition coefficient (Wildman–Crippen LogP) is 4.64. The quantitative estimate of drug-likeness (QED) is 0.747. The Kier molecular flexibility index (Phi) is 3.47. The van der Waals surface area contributed by atoms with Gasteiger partial charge in [-0.05, 0) is 50.1 Å². The first kappa shape index (κ1) is 14.1. The Hall–Kier alpha value is -1.85. The summed E-state index contributed by atoms with van der Waals surface area (Å²) in [6.07, 6.45) is 0. The summed E-state index contributed by atoms with van der Waals surface area (Å²) < 4.78 is 6.02. The zero-order valence-electron chi connectivity index (χ0n) is 11.9. The van der Waals surface area contributed by atoms with Crippen LogP contribution in [0.1, 0.15) is 16.0 Å². The largest absolute Gasteiger partial charge is 0.438 e. The van der Waals surface area contributed by atoms with Gasteiger partial charge in [-0.2, -0.15) is 4.98 Å². The highest BCUT2D eigenvalue weighted by Gasteiger charge is 2.14. The first-order valence-electron chi connectivity index (χ1n) is 6.42. The van der Waals surface area contributed by atoms with E-state index in [0.29, 0.717) is 10.9 Å². The lowest BCUT2D eigenvalue weighted by Gasteiger charge is -2.12. The molecule has 1 aromatic carbocycles. The normalized spacial score (nSPS) is 11.0. The van der Waals surface area contributed by atoms with Crippen LogP contribution in [0.25, 0.3) is 10.2 Å². The SMILES string of the molecule is Cc1cc2c(Oc3c(C)cc(Cl)cc3C)nc(N)nc2s1. The van der Waals surface area contributed by atoms with E-state index in [0.717, 1.165) is 32.0 Å². The lowest BCUT2D eigenvalue weighted by molar-refractivity contribution is 0.462. The van der Waals surface area contributed by atoms with Crippen molar-refractivity contribution in [1.82, 2.24) is 9.97 Å². The monoisotopic (exact) mass is 319 g/mol. The summed E-state index contributed by atoms with van der Waals surface area (Å²) in [6.45, 7) is 5.93. The Morgan fingerprint density at radius 3 is 2.43 bits per heavy atom. The molecule has 0 aliphatic rings. The third-order valence-corrected chi connectivity index (χ3v) is 4.28. The molecule has 0 saturated heterocycles. The number of halogens is 1. The molecule has 0 aliphatic heterocycles. The van der Waals surface area contributed by atoms with E-state index in [1.807, 2.05) is 39.0 Å². The van der Waals surface area contributed by atoms with Crippen LogP contribution in [0.2, 0.25) is 5.02 Å². The average molecular weight is 320 g/mol. The van der Waals surface area contributed by atoms with Crippen molar-refractivity contribution in [3.63, 3.8) is 0 Å². The Bertz CT molecular complexity index is 821. The summed E-state index contributed by atoms with van der Waals surface area (Å²) in [5.41, 5.74) is 7.68. The maximum absolute atomic E-state index is 6.05. The second kappa shape index (κ2) is 5.16. The molecule has 3 rings (SSSR count). The molecule has 21 heavy (non-hydrogen) atoms. The zero-order chi connectivity index (χ0) is 15.1. The van der Waals surface area contributed by atoms with E-state index in [2.05, 4.69) is 9.97 Å². The zero-order valence-corrected chi connectivity index (χ0v) is 13.5. The van der Waals surface area contributed by atoms with Crippen LogP contribution in [0.5, 0.6) is 11.6 Å². The van der Waals surface area contributed by atoms with Crippen LogP contribution in [-0.4, -0.2) is 9.97 Å². The van der Waals surface area contributed by atoms with Crippen LogP contribution in [0.15, 0.2) is 18.2 Å². The highest BCUT2D eigenvalue weighted by molar-refractivity contribution is 7.18. The van der Waals surface area contributed by atoms with Gasteiger partial charge in [-0.3, -0.25) is 0 Å². The summed E-state index contributed by atoms with van der Waals surface area (Å²) in [4.78, 5) is 10.4. The number of benzene rings is 1. The van der Waals surface area contributed by atoms with E-state index >= 15 is 0 Å².